The summed E-state index contributed by atoms with van der Waals surface area (Å²) in [6.07, 6.45) is 0.825. The molecule has 20 heavy (non-hydrogen) atoms. The van der Waals surface area contributed by atoms with Crippen molar-refractivity contribution in [2.45, 2.75) is 6.42 Å². The third-order valence-corrected chi connectivity index (χ3v) is 3.65. The van der Waals surface area contributed by atoms with Gasteiger partial charge in [0, 0.05) is 19.6 Å². The Hall–Kier alpha value is -1.30. The zero-order valence-electron chi connectivity index (χ0n) is 10.8. The van der Waals surface area contributed by atoms with Crippen LogP contribution in [0.25, 0.3) is 0 Å². The predicted molar refractivity (Wildman–Crippen MR) is 79.2 cm³/mol. The van der Waals surface area contributed by atoms with Crippen molar-refractivity contribution in [1.29, 1.82) is 0 Å². The smallest absolute Gasteiger partial charge is 0.313 e. The SMILES string of the molecule is O=C(Nc1c(Cl)cccc1Cl)C(=O)N1CCCNCC1. The van der Waals surface area contributed by atoms with E-state index in [1.54, 1.807) is 18.2 Å². The molecule has 7 heteroatoms. The van der Waals surface area contributed by atoms with Crippen LogP contribution in [0.5, 0.6) is 0 Å². The van der Waals surface area contributed by atoms with Crippen molar-refractivity contribution < 1.29 is 9.59 Å². The molecule has 108 valence electrons. The largest absolute Gasteiger partial charge is 0.333 e. The fourth-order valence-electron chi connectivity index (χ4n) is 1.98. The summed E-state index contributed by atoms with van der Waals surface area (Å²) in [6.45, 7) is 2.62. The van der Waals surface area contributed by atoms with Gasteiger partial charge >= 0.3 is 11.8 Å². The Morgan fingerprint density at radius 2 is 1.85 bits per heavy atom. The van der Waals surface area contributed by atoms with Gasteiger partial charge in [-0.15, -0.1) is 0 Å². The third kappa shape index (κ3) is 3.62. The Labute approximate surface area is 127 Å². The number of halogens is 2. The molecule has 0 atom stereocenters. The molecule has 2 rings (SSSR count). The molecule has 1 saturated heterocycles. The lowest BCUT2D eigenvalue weighted by molar-refractivity contribution is -0.143. The zero-order valence-corrected chi connectivity index (χ0v) is 12.3. The highest BCUT2D eigenvalue weighted by atomic mass is 35.5. The number of rotatable bonds is 1. The van der Waals surface area contributed by atoms with Gasteiger partial charge in [0.2, 0.25) is 0 Å². The Bertz CT molecular complexity index is 494. The molecule has 0 bridgehead atoms. The normalized spacial score (nSPS) is 15.6. The topological polar surface area (TPSA) is 61.4 Å². The molecule has 0 unspecified atom stereocenters. The van der Waals surface area contributed by atoms with Crippen molar-refractivity contribution in [1.82, 2.24) is 10.2 Å². The van der Waals surface area contributed by atoms with Gasteiger partial charge in [-0.05, 0) is 25.1 Å². The molecule has 0 aliphatic carbocycles. The summed E-state index contributed by atoms with van der Waals surface area (Å²) >= 11 is 11.9. The van der Waals surface area contributed by atoms with Crippen LogP contribution < -0.4 is 10.6 Å². The molecule has 1 aromatic rings. The third-order valence-electron chi connectivity index (χ3n) is 3.02. The van der Waals surface area contributed by atoms with Gasteiger partial charge < -0.3 is 15.5 Å². The van der Waals surface area contributed by atoms with Crippen LogP contribution in [0.15, 0.2) is 18.2 Å². The summed E-state index contributed by atoms with van der Waals surface area (Å²) in [5.74, 6) is -1.29. The van der Waals surface area contributed by atoms with E-state index in [1.807, 2.05) is 0 Å². The fraction of sp³-hybridized carbons (Fsp3) is 0.385. The quantitative estimate of drug-likeness (QED) is 0.776. The highest BCUT2D eigenvalue weighted by molar-refractivity contribution is 6.44. The maximum atomic E-state index is 12.1. The number of para-hydroxylation sites is 1. The number of carbonyl (C=O) groups excluding carboxylic acids is 2. The first kappa shape index (κ1) is 15.1. The Kier molecular flexibility index (Phi) is 5.23. The predicted octanol–water partition coefficient (Wildman–Crippen LogP) is 1.75. The van der Waals surface area contributed by atoms with Gasteiger partial charge in [0.25, 0.3) is 0 Å². The molecule has 0 radical (unpaired) electrons. The molecule has 1 fully saturated rings. The first-order valence-corrected chi connectivity index (χ1v) is 7.10. The second kappa shape index (κ2) is 6.92. The maximum absolute atomic E-state index is 12.1. The van der Waals surface area contributed by atoms with Gasteiger partial charge in [0.15, 0.2) is 0 Å². The summed E-state index contributed by atoms with van der Waals surface area (Å²) in [4.78, 5) is 25.6. The van der Waals surface area contributed by atoms with Crippen molar-refractivity contribution >= 4 is 40.7 Å². The molecule has 2 N–H and O–H groups in total. The van der Waals surface area contributed by atoms with Crippen molar-refractivity contribution in [3.8, 4) is 0 Å². The van der Waals surface area contributed by atoms with Crippen LogP contribution in [0.2, 0.25) is 10.0 Å². The van der Waals surface area contributed by atoms with Crippen LogP contribution >= 0.6 is 23.2 Å². The number of nitrogens with zero attached hydrogens (tertiary/aromatic N) is 1. The van der Waals surface area contributed by atoms with Crippen LogP contribution in [-0.2, 0) is 9.59 Å². The van der Waals surface area contributed by atoms with Crippen LogP contribution in [0, 0.1) is 0 Å². The number of benzene rings is 1. The van der Waals surface area contributed by atoms with E-state index in [-0.39, 0.29) is 5.69 Å². The maximum Gasteiger partial charge on any atom is 0.313 e. The minimum absolute atomic E-state index is 0.266. The van der Waals surface area contributed by atoms with Crippen molar-refractivity contribution in [3.05, 3.63) is 28.2 Å². The summed E-state index contributed by atoms with van der Waals surface area (Å²) in [5.41, 5.74) is 0.266. The molecular formula is C13H15Cl2N3O2. The highest BCUT2D eigenvalue weighted by Gasteiger charge is 2.23. The van der Waals surface area contributed by atoms with Crippen molar-refractivity contribution in [3.63, 3.8) is 0 Å². The highest BCUT2D eigenvalue weighted by Crippen LogP contribution is 2.29. The number of hydrogen-bond acceptors (Lipinski definition) is 3. The monoisotopic (exact) mass is 315 g/mol. The van der Waals surface area contributed by atoms with Crippen LogP contribution in [0.4, 0.5) is 5.69 Å². The lowest BCUT2D eigenvalue weighted by Gasteiger charge is -2.19. The van der Waals surface area contributed by atoms with Crippen LogP contribution in [0.3, 0.4) is 0 Å². The average Bonchev–Trinajstić information content (AvgIpc) is 2.71. The van der Waals surface area contributed by atoms with Gasteiger partial charge in [-0.1, -0.05) is 29.3 Å². The molecule has 0 saturated carbocycles. The molecule has 1 aliphatic heterocycles. The molecule has 5 nitrogen and oxygen atoms in total. The number of nitrogens with one attached hydrogen (secondary N) is 2. The van der Waals surface area contributed by atoms with E-state index in [0.29, 0.717) is 29.7 Å². The zero-order chi connectivity index (χ0) is 14.5. The summed E-state index contributed by atoms with van der Waals surface area (Å²) in [5, 5.41) is 6.26. The molecule has 0 aromatic heterocycles. The minimum atomic E-state index is -0.720. The van der Waals surface area contributed by atoms with E-state index in [4.69, 9.17) is 23.2 Å². The summed E-state index contributed by atoms with van der Waals surface area (Å²) in [7, 11) is 0. The fourth-order valence-corrected chi connectivity index (χ4v) is 2.47. The Morgan fingerprint density at radius 3 is 2.55 bits per heavy atom. The molecule has 2 amide bonds. The lowest BCUT2D eigenvalue weighted by atomic mass is 10.3. The van der Waals surface area contributed by atoms with Gasteiger partial charge in [-0.25, -0.2) is 0 Å². The van der Waals surface area contributed by atoms with E-state index in [0.717, 1.165) is 13.0 Å². The lowest BCUT2D eigenvalue weighted by Crippen LogP contribution is -2.41. The first-order chi connectivity index (χ1) is 9.59. The molecule has 0 spiro atoms. The molecular weight excluding hydrogens is 301 g/mol. The van der Waals surface area contributed by atoms with E-state index >= 15 is 0 Å². The Balaban J connectivity index is 2.05. The Morgan fingerprint density at radius 1 is 1.15 bits per heavy atom. The number of amides is 2. The van der Waals surface area contributed by atoms with E-state index in [2.05, 4.69) is 10.6 Å². The van der Waals surface area contributed by atoms with Crippen LogP contribution in [0.1, 0.15) is 6.42 Å². The van der Waals surface area contributed by atoms with Gasteiger partial charge in [0.05, 0.1) is 15.7 Å². The van der Waals surface area contributed by atoms with Gasteiger partial charge in [-0.3, -0.25) is 9.59 Å². The van der Waals surface area contributed by atoms with Crippen molar-refractivity contribution in [2.24, 2.45) is 0 Å². The molecule has 1 aromatic carbocycles. The minimum Gasteiger partial charge on any atom is -0.333 e. The van der Waals surface area contributed by atoms with Gasteiger partial charge in [-0.2, -0.15) is 0 Å². The summed E-state index contributed by atoms with van der Waals surface area (Å²) < 4.78 is 0. The average molecular weight is 316 g/mol. The van der Waals surface area contributed by atoms with E-state index in [1.165, 1.54) is 4.90 Å². The summed E-state index contributed by atoms with van der Waals surface area (Å²) in [6, 6.07) is 4.87. The van der Waals surface area contributed by atoms with Gasteiger partial charge in [0.1, 0.15) is 0 Å². The standard InChI is InChI=1S/C13H15Cl2N3O2/c14-9-3-1-4-10(15)11(9)17-12(19)13(20)18-7-2-5-16-6-8-18/h1,3-4,16H,2,5-8H2,(H,17,19). The molecule has 1 aliphatic rings. The second-order valence-electron chi connectivity index (χ2n) is 4.45. The van der Waals surface area contributed by atoms with E-state index in [9.17, 15) is 9.59 Å². The first-order valence-electron chi connectivity index (χ1n) is 6.34. The molecule has 1 heterocycles. The number of anilines is 1. The number of hydrogen-bond donors (Lipinski definition) is 2. The van der Waals surface area contributed by atoms with Crippen molar-refractivity contribution in [2.75, 3.05) is 31.5 Å². The van der Waals surface area contributed by atoms with E-state index < -0.39 is 11.8 Å². The van der Waals surface area contributed by atoms with Crippen LogP contribution in [-0.4, -0.2) is 42.9 Å². The number of carbonyl (C=O) groups is 2. The second-order valence-corrected chi connectivity index (χ2v) is 5.26.